The van der Waals surface area contributed by atoms with Gasteiger partial charge in [-0.25, -0.2) is 9.18 Å². The van der Waals surface area contributed by atoms with E-state index in [9.17, 15) is 18.8 Å². The van der Waals surface area contributed by atoms with Gasteiger partial charge in [0.2, 0.25) is 0 Å². The lowest BCUT2D eigenvalue weighted by Gasteiger charge is -2.07. The second-order valence-corrected chi connectivity index (χ2v) is 5.26. The average molecular weight is 348 g/mol. The Morgan fingerprint density at radius 1 is 1.17 bits per heavy atom. The highest BCUT2D eigenvalue weighted by Crippen LogP contribution is 2.07. The number of amides is 2. The van der Waals surface area contributed by atoms with E-state index in [1.165, 1.54) is 35.6 Å². The van der Waals surface area contributed by atoms with Gasteiger partial charge in [0.05, 0.1) is 5.56 Å². The van der Waals surface area contributed by atoms with Gasteiger partial charge in [-0.1, -0.05) is 12.1 Å². The summed E-state index contributed by atoms with van der Waals surface area (Å²) in [5.41, 5.74) is 4.69. The number of halogens is 1. The number of rotatable bonds is 5. The molecule has 0 unspecified atom stereocenters. The highest BCUT2D eigenvalue weighted by atomic mass is 32.1. The summed E-state index contributed by atoms with van der Waals surface area (Å²) in [5.74, 6) is -2.98. The Labute approximate surface area is 140 Å². The van der Waals surface area contributed by atoms with Crippen LogP contribution in [0.1, 0.15) is 15.9 Å². The van der Waals surface area contributed by atoms with Crippen molar-refractivity contribution in [1.29, 1.82) is 0 Å². The highest BCUT2D eigenvalue weighted by molar-refractivity contribution is 7.08. The van der Waals surface area contributed by atoms with Gasteiger partial charge >= 0.3 is 5.97 Å². The van der Waals surface area contributed by atoms with E-state index < -0.39 is 30.2 Å². The molecule has 0 bridgehead atoms. The van der Waals surface area contributed by atoms with Crippen LogP contribution >= 0.6 is 11.3 Å². The van der Waals surface area contributed by atoms with E-state index in [1.807, 2.05) is 27.7 Å². The fraction of sp³-hybridized carbons (Fsp3) is 0.0625. The molecule has 0 atom stereocenters. The molecule has 2 amide bonds. The lowest BCUT2D eigenvalue weighted by Crippen LogP contribution is -2.43. The molecule has 2 rings (SSSR count). The predicted molar refractivity (Wildman–Crippen MR) is 86.3 cm³/mol. The van der Waals surface area contributed by atoms with Gasteiger partial charge in [-0.05, 0) is 40.6 Å². The Morgan fingerprint density at radius 3 is 2.67 bits per heavy atom. The maximum Gasteiger partial charge on any atom is 0.331 e. The average Bonchev–Trinajstić information content (AvgIpc) is 3.10. The van der Waals surface area contributed by atoms with Crippen molar-refractivity contribution in [2.75, 3.05) is 6.61 Å². The van der Waals surface area contributed by atoms with Crippen molar-refractivity contribution in [2.45, 2.75) is 0 Å². The van der Waals surface area contributed by atoms with Crippen LogP contribution in [0.4, 0.5) is 4.39 Å². The van der Waals surface area contributed by atoms with Crippen LogP contribution in [0.25, 0.3) is 6.08 Å². The number of hydrogen-bond donors (Lipinski definition) is 2. The van der Waals surface area contributed by atoms with Gasteiger partial charge in [0.1, 0.15) is 5.82 Å². The first-order valence-corrected chi connectivity index (χ1v) is 7.71. The smallest absolute Gasteiger partial charge is 0.331 e. The lowest BCUT2D eigenvalue weighted by molar-refractivity contribution is -0.144. The first kappa shape index (κ1) is 17.4. The molecule has 0 saturated carbocycles. The monoisotopic (exact) mass is 348 g/mol. The van der Waals surface area contributed by atoms with Crippen molar-refractivity contribution < 1.29 is 23.5 Å². The van der Waals surface area contributed by atoms with Crippen LogP contribution in [0.2, 0.25) is 0 Å². The van der Waals surface area contributed by atoms with Crippen LogP contribution in [0.5, 0.6) is 0 Å². The van der Waals surface area contributed by atoms with E-state index in [2.05, 4.69) is 0 Å². The third-order valence-electron chi connectivity index (χ3n) is 2.73. The Bertz CT molecular complexity index is 759. The van der Waals surface area contributed by atoms with Gasteiger partial charge in [-0.2, -0.15) is 11.3 Å². The molecule has 1 aromatic heterocycles. The minimum absolute atomic E-state index is 0.214. The van der Waals surface area contributed by atoms with Crippen LogP contribution in [0.3, 0.4) is 0 Å². The second-order valence-electron chi connectivity index (χ2n) is 4.48. The van der Waals surface area contributed by atoms with E-state index in [-0.39, 0.29) is 5.56 Å². The molecule has 24 heavy (non-hydrogen) atoms. The number of nitrogens with one attached hydrogen (secondary N) is 2. The summed E-state index contributed by atoms with van der Waals surface area (Å²) in [4.78, 5) is 34.6. The third-order valence-corrected chi connectivity index (χ3v) is 3.44. The van der Waals surface area contributed by atoms with Crippen LogP contribution in [-0.4, -0.2) is 24.4 Å². The van der Waals surface area contributed by atoms with Gasteiger partial charge < -0.3 is 4.74 Å². The quantitative estimate of drug-likeness (QED) is 0.491. The van der Waals surface area contributed by atoms with Crippen molar-refractivity contribution in [3.8, 4) is 0 Å². The third kappa shape index (κ3) is 5.33. The number of benzene rings is 1. The summed E-state index contributed by atoms with van der Waals surface area (Å²) in [7, 11) is 0. The molecule has 124 valence electrons. The number of ether oxygens (including phenoxy) is 1. The summed E-state index contributed by atoms with van der Waals surface area (Å²) < 4.78 is 18.1. The molecule has 1 aromatic carbocycles. The van der Waals surface area contributed by atoms with E-state index in [4.69, 9.17) is 4.74 Å². The Balaban J connectivity index is 1.72. The van der Waals surface area contributed by atoms with Gasteiger partial charge in [-0.3, -0.25) is 20.4 Å². The van der Waals surface area contributed by atoms with E-state index in [0.717, 1.165) is 11.6 Å². The standard InChI is InChI=1S/C16H13FN2O4S/c17-13-4-2-1-3-12(13)16(22)19-18-14(20)9-23-15(21)6-5-11-7-8-24-10-11/h1-8,10H,9H2,(H,18,20)(H,19,22)/b6-5+. The minimum Gasteiger partial charge on any atom is -0.452 e. The summed E-state index contributed by atoms with van der Waals surface area (Å²) in [6, 6.07) is 7.14. The molecule has 0 fully saturated rings. The van der Waals surface area contributed by atoms with E-state index >= 15 is 0 Å². The fourth-order valence-electron chi connectivity index (χ4n) is 1.59. The minimum atomic E-state index is -0.815. The molecule has 1 heterocycles. The zero-order chi connectivity index (χ0) is 17.4. The van der Waals surface area contributed by atoms with E-state index in [1.54, 1.807) is 6.08 Å². The topological polar surface area (TPSA) is 84.5 Å². The normalized spacial score (nSPS) is 10.4. The summed E-state index contributed by atoms with van der Waals surface area (Å²) in [5, 5.41) is 3.70. The Hall–Kier alpha value is -3.00. The second kappa shape index (κ2) is 8.59. The molecule has 2 aromatic rings. The molecule has 0 radical (unpaired) electrons. The summed E-state index contributed by atoms with van der Waals surface area (Å²) >= 11 is 1.48. The predicted octanol–water partition coefficient (Wildman–Crippen LogP) is 1.90. The molecule has 6 nitrogen and oxygen atoms in total. The van der Waals surface area contributed by atoms with E-state index in [0.29, 0.717) is 0 Å². The van der Waals surface area contributed by atoms with Crippen LogP contribution in [-0.2, 0) is 14.3 Å². The Morgan fingerprint density at radius 2 is 1.96 bits per heavy atom. The maximum atomic E-state index is 13.4. The van der Waals surface area contributed by atoms with Gasteiger partial charge in [-0.15, -0.1) is 0 Å². The summed E-state index contributed by atoms with van der Waals surface area (Å²) in [6.45, 7) is -0.579. The SMILES string of the molecule is O=C(COC(=O)/C=C/c1ccsc1)NNC(=O)c1ccccc1F. The first-order chi connectivity index (χ1) is 11.6. The van der Waals surface area contributed by atoms with Gasteiger partial charge in [0, 0.05) is 6.08 Å². The van der Waals surface area contributed by atoms with Gasteiger partial charge in [0.15, 0.2) is 6.61 Å². The molecular formula is C16H13FN2O4S. The Kier molecular flexibility index (Phi) is 6.21. The van der Waals surface area contributed by atoms with Crippen molar-refractivity contribution in [3.05, 3.63) is 64.1 Å². The number of carbonyl (C=O) groups excluding carboxylic acids is 3. The molecule has 2 N–H and O–H groups in total. The molecular weight excluding hydrogens is 335 g/mol. The van der Waals surface area contributed by atoms with Crippen LogP contribution in [0.15, 0.2) is 47.2 Å². The first-order valence-electron chi connectivity index (χ1n) is 6.77. The summed E-state index contributed by atoms with van der Waals surface area (Å²) in [6.07, 6.45) is 2.74. The van der Waals surface area contributed by atoms with Crippen LogP contribution < -0.4 is 10.9 Å². The van der Waals surface area contributed by atoms with Crippen molar-refractivity contribution >= 4 is 35.2 Å². The molecule has 0 aliphatic rings. The van der Waals surface area contributed by atoms with Crippen molar-refractivity contribution in [3.63, 3.8) is 0 Å². The number of carbonyl (C=O) groups is 3. The zero-order valence-electron chi connectivity index (χ0n) is 12.3. The zero-order valence-corrected chi connectivity index (χ0v) is 13.1. The highest BCUT2D eigenvalue weighted by Gasteiger charge is 2.12. The lowest BCUT2D eigenvalue weighted by atomic mass is 10.2. The largest absolute Gasteiger partial charge is 0.452 e. The molecule has 8 heteroatoms. The molecule has 0 aliphatic heterocycles. The molecule has 0 saturated heterocycles. The number of esters is 1. The fourth-order valence-corrected chi connectivity index (χ4v) is 2.22. The molecule has 0 aliphatic carbocycles. The van der Waals surface area contributed by atoms with Crippen molar-refractivity contribution in [2.24, 2.45) is 0 Å². The van der Waals surface area contributed by atoms with Crippen molar-refractivity contribution in [1.82, 2.24) is 10.9 Å². The number of hydrazine groups is 1. The maximum absolute atomic E-state index is 13.4. The van der Waals surface area contributed by atoms with Gasteiger partial charge in [0.25, 0.3) is 11.8 Å². The molecule has 0 spiro atoms. The van der Waals surface area contributed by atoms with Crippen LogP contribution in [0, 0.1) is 5.82 Å². The number of thiophene rings is 1. The number of hydrogen-bond acceptors (Lipinski definition) is 5.